The molecule has 0 N–H and O–H groups in total. The lowest BCUT2D eigenvalue weighted by molar-refractivity contribution is 0.0983. The molecule has 4 aromatic rings. The molecule has 4 rings (SSSR count). The van der Waals surface area contributed by atoms with E-state index >= 15 is 0 Å². The number of hydrogen-bond acceptors (Lipinski definition) is 2. The number of benzene rings is 4. The lowest BCUT2D eigenvalue weighted by Crippen LogP contribution is -2.00. The van der Waals surface area contributed by atoms with Crippen LogP contribution >= 0.6 is 0 Å². The third kappa shape index (κ3) is 2.01. The molecular formula is C20H15N3O. The van der Waals surface area contributed by atoms with Crippen LogP contribution < -0.4 is 0 Å². The standard InChI is InChI=1S/C20H15N3O/c1-2-3-18(24)14-8-4-12-6-10-16-17(22-23-21)11-7-13-5-9-15(14)19(12)20(13)16/h4-11H,2-3H2,1H3. The first-order valence-electron chi connectivity index (χ1n) is 8.03. The van der Waals surface area contributed by atoms with Crippen molar-refractivity contribution in [2.24, 2.45) is 5.11 Å². The molecule has 116 valence electrons. The second kappa shape index (κ2) is 5.52. The monoisotopic (exact) mass is 313 g/mol. The van der Waals surface area contributed by atoms with E-state index < -0.39 is 0 Å². The van der Waals surface area contributed by atoms with Crippen LogP contribution in [-0.2, 0) is 0 Å². The molecule has 0 amide bonds. The molecule has 0 radical (unpaired) electrons. The van der Waals surface area contributed by atoms with Gasteiger partial charge in [-0.1, -0.05) is 60.6 Å². The van der Waals surface area contributed by atoms with E-state index in [-0.39, 0.29) is 5.78 Å². The zero-order valence-corrected chi connectivity index (χ0v) is 13.3. The predicted molar refractivity (Wildman–Crippen MR) is 98.2 cm³/mol. The Bertz CT molecular complexity index is 1140. The van der Waals surface area contributed by atoms with Crippen LogP contribution in [0.4, 0.5) is 5.69 Å². The number of carbonyl (C=O) groups is 1. The highest BCUT2D eigenvalue weighted by molar-refractivity contribution is 6.28. The number of azide groups is 1. The summed E-state index contributed by atoms with van der Waals surface area (Å²) in [7, 11) is 0. The van der Waals surface area contributed by atoms with Crippen molar-refractivity contribution in [3.8, 4) is 0 Å². The van der Waals surface area contributed by atoms with Crippen LogP contribution in [0.2, 0.25) is 0 Å². The number of Topliss-reactive ketones (excluding diaryl/α,β-unsaturated/α-hetero) is 1. The molecule has 0 saturated heterocycles. The van der Waals surface area contributed by atoms with Gasteiger partial charge in [0, 0.05) is 22.6 Å². The molecule has 0 heterocycles. The Kier molecular flexibility index (Phi) is 3.33. The van der Waals surface area contributed by atoms with E-state index in [0.29, 0.717) is 12.1 Å². The van der Waals surface area contributed by atoms with Gasteiger partial charge in [0.15, 0.2) is 5.78 Å². The van der Waals surface area contributed by atoms with Crippen molar-refractivity contribution in [1.82, 2.24) is 0 Å². The normalized spacial score (nSPS) is 11.2. The van der Waals surface area contributed by atoms with Crippen LogP contribution in [0.5, 0.6) is 0 Å². The summed E-state index contributed by atoms with van der Waals surface area (Å²) < 4.78 is 0. The number of carbonyl (C=O) groups excluding carboxylic acids is 1. The fraction of sp³-hybridized carbons (Fsp3) is 0.150. The van der Waals surface area contributed by atoms with Gasteiger partial charge in [0.25, 0.3) is 0 Å². The molecule has 4 aromatic carbocycles. The first-order valence-corrected chi connectivity index (χ1v) is 8.03. The zero-order valence-electron chi connectivity index (χ0n) is 13.3. The molecule has 0 fully saturated rings. The van der Waals surface area contributed by atoms with Crippen molar-refractivity contribution < 1.29 is 4.79 Å². The van der Waals surface area contributed by atoms with Gasteiger partial charge in [-0.15, -0.1) is 0 Å². The minimum Gasteiger partial charge on any atom is -0.294 e. The Morgan fingerprint density at radius 2 is 1.58 bits per heavy atom. The number of rotatable bonds is 4. The van der Waals surface area contributed by atoms with Gasteiger partial charge in [-0.05, 0) is 44.3 Å². The molecule has 0 bridgehead atoms. The minimum absolute atomic E-state index is 0.172. The molecule has 0 saturated carbocycles. The quantitative estimate of drug-likeness (QED) is 0.139. The first kappa shape index (κ1) is 14.5. The highest BCUT2D eigenvalue weighted by Crippen LogP contribution is 2.39. The average Bonchev–Trinajstić information content (AvgIpc) is 2.61. The Morgan fingerprint density at radius 3 is 2.29 bits per heavy atom. The van der Waals surface area contributed by atoms with Gasteiger partial charge in [0.05, 0.1) is 0 Å². The van der Waals surface area contributed by atoms with Crippen molar-refractivity contribution >= 4 is 43.8 Å². The van der Waals surface area contributed by atoms with Crippen LogP contribution in [0.15, 0.2) is 53.6 Å². The van der Waals surface area contributed by atoms with E-state index in [1.54, 1.807) is 0 Å². The molecule has 24 heavy (non-hydrogen) atoms. The third-order valence-electron chi connectivity index (χ3n) is 4.57. The van der Waals surface area contributed by atoms with Crippen molar-refractivity contribution in [2.75, 3.05) is 0 Å². The van der Waals surface area contributed by atoms with Crippen molar-refractivity contribution in [3.63, 3.8) is 0 Å². The second-order valence-electron chi connectivity index (χ2n) is 5.98. The van der Waals surface area contributed by atoms with Crippen molar-refractivity contribution in [3.05, 3.63) is 64.5 Å². The summed E-state index contributed by atoms with van der Waals surface area (Å²) in [5.74, 6) is 0.172. The van der Waals surface area contributed by atoms with E-state index in [1.165, 1.54) is 0 Å². The summed E-state index contributed by atoms with van der Waals surface area (Å²) in [5.41, 5.74) is 10.2. The summed E-state index contributed by atoms with van der Waals surface area (Å²) in [6, 6.07) is 15.8. The summed E-state index contributed by atoms with van der Waals surface area (Å²) in [6.07, 6.45) is 1.38. The Balaban J connectivity index is 2.18. The minimum atomic E-state index is 0.172. The fourth-order valence-corrected chi connectivity index (χ4v) is 3.53. The Labute approximate surface area is 138 Å². The summed E-state index contributed by atoms with van der Waals surface area (Å²) in [6.45, 7) is 2.01. The highest BCUT2D eigenvalue weighted by atomic mass is 16.1. The van der Waals surface area contributed by atoms with Gasteiger partial charge >= 0.3 is 0 Å². The molecule has 0 aromatic heterocycles. The summed E-state index contributed by atoms with van der Waals surface area (Å²) >= 11 is 0. The molecule has 0 aliphatic rings. The van der Waals surface area contributed by atoms with Crippen LogP contribution in [0, 0.1) is 0 Å². The second-order valence-corrected chi connectivity index (χ2v) is 5.98. The van der Waals surface area contributed by atoms with Gasteiger partial charge in [0.1, 0.15) is 0 Å². The maximum Gasteiger partial charge on any atom is 0.163 e. The van der Waals surface area contributed by atoms with Crippen LogP contribution in [0.3, 0.4) is 0 Å². The summed E-state index contributed by atoms with van der Waals surface area (Å²) in [4.78, 5) is 15.4. The number of hydrogen-bond donors (Lipinski definition) is 0. The largest absolute Gasteiger partial charge is 0.294 e. The lowest BCUT2D eigenvalue weighted by Gasteiger charge is -2.14. The predicted octanol–water partition coefficient (Wildman–Crippen LogP) is 6.51. The maximum absolute atomic E-state index is 12.5. The van der Waals surface area contributed by atoms with E-state index in [4.69, 9.17) is 5.53 Å². The van der Waals surface area contributed by atoms with Gasteiger partial charge < -0.3 is 0 Å². The Hall–Kier alpha value is -3.10. The molecule has 0 spiro atoms. The number of ketones is 1. The van der Waals surface area contributed by atoms with Crippen LogP contribution in [0.1, 0.15) is 30.1 Å². The molecular weight excluding hydrogens is 298 g/mol. The van der Waals surface area contributed by atoms with Gasteiger partial charge in [-0.2, -0.15) is 0 Å². The molecule has 4 nitrogen and oxygen atoms in total. The zero-order chi connectivity index (χ0) is 16.7. The molecule has 0 atom stereocenters. The van der Waals surface area contributed by atoms with Gasteiger partial charge in [-0.3, -0.25) is 4.79 Å². The van der Waals surface area contributed by atoms with Gasteiger partial charge in [0.2, 0.25) is 0 Å². The smallest absolute Gasteiger partial charge is 0.163 e. The fourth-order valence-electron chi connectivity index (χ4n) is 3.53. The molecule has 4 heteroatoms. The van der Waals surface area contributed by atoms with Crippen LogP contribution in [-0.4, -0.2) is 5.78 Å². The highest BCUT2D eigenvalue weighted by Gasteiger charge is 2.15. The molecule has 0 unspecified atom stereocenters. The number of nitrogens with zero attached hydrogens (tertiary/aromatic N) is 3. The molecule has 0 aliphatic heterocycles. The van der Waals surface area contributed by atoms with E-state index in [1.807, 2.05) is 55.5 Å². The first-order chi connectivity index (χ1) is 11.7. The van der Waals surface area contributed by atoms with E-state index in [9.17, 15) is 4.79 Å². The summed E-state index contributed by atoms with van der Waals surface area (Å²) in [5, 5.41) is 10.0. The average molecular weight is 313 g/mol. The maximum atomic E-state index is 12.5. The topological polar surface area (TPSA) is 65.8 Å². The lowest BCUT2D eigenvalue weighted by atomic mass is 9.90. The van der Waals surface area contributed by atoms with Crippen molar-refractivity contribution in [2.45, 2.75) is 19.8 Å². The van der Waals surface area contributed by atoms with Crippen molar-refractivity contribution in [1.29, 1.82) is 0 Å². The van der Waals surface area contributed by atoms with Gasteiger partial charge in [-0.25, -0.2) is 0 Å². The molecule has 0 aliphatic carbocycles. The Morgan fingerprint density at radius 1 is 0.958 bits per heavy atom. The van der Waals surface area contributed by atoms with E-state index in [2.05, 4.69) is 10.0 Å². The SMILES string of the molecule is CCCC(=O)c1ccc2ccc3c(N=[N+]=[N-])ccc4ccc1c2c43. The van der Waals surface area contributed by atoms with E-state index in [0.717, 1.165) is 44.3 Å². The third-order valence-corrected chi connectivity index (χ3v) is 4.57. The van der Waals surface area contributed by atoms with Crippen LogP contribution in [0.25, 0.3) is 42.8 Å².